The number of nitrogens with zero attached hydrogens (tertiary/aromatic N) is 1. The van der Waals surface area contributed by atoms with E-state index < -0.39 is 5.91 Å². The van der Waals surface area contributed by atoms with Crippen LogP contribution in [0, 0.1) is 0 Å². The number of pyridine rings is 1. The van der Waals surface area contributed by atoms with Crippen LogP contribution in [0.2, 0.25) is 0 Å². The number of para-hydroxylation sites is 1. The van der Waals surface area contributed by atoms with E-state index in [-0.39, 0.29) is 5.56 Å². The molecular weight excluding hydrogens is 334 g/mol. The van der Waals surface area contributed by atoms with Crippen molar-refractivity contribution in [3.8, 4) is 11.5 Å². The minimum absolute atomic E-state index is 0.287. The molecule has 132 valence electrons. The lowest BCUT2D eigenvalue weighted by molar-refractivity contribution is 0.0954. The number of benzene rings is 2. The first-order valence-electron chi connectivity index (χ1n) is 7.79. The van der Waals surface area contributed by atoms with Crippen molar-refractivity contribution in [2.24, 2.45) is 5.10 Å². The van der Waals surface area contributed by atoms with Crippen molar-refractivity contribution in [1.29, 1.82) is 0 Å². The van der Waals surface area contributed by atoms with Crippen LogP contribution in [0.4, 0.5) is 0 Å². The third kappa shape index (κ3) is 3.72. The van der Waals surface area contributed by atoms with Gasteiger partial charge in [-0.15, -0.1) is 0 Å². The standard InChI is InChI=1S/C19H17N3O4/c1-25-15-8-13(9-16(10-15)26-2)19(24)22-20-11-14-7-12-5-3-4-6-17(12)21-18(14)23/h3-11H,1-2H3,(H,21,23)(H,22,24)/b20-11+. The molecule has 0 unspecified atom stereocenters. The van der Waals surface area contributed by atoms with E-state index in [1.54, 1.807) is 24.3 Å². The molecule has 1 amide bonds. The fourth-order valence-corrected chi connectivity index (χ4v) is 2.42. The lowest BCUT2D eigenvalue weighted by Gasteiger charge is -2.07. The average Bonchev–Trinajstić information content (AvgIpc) is 2.67. The van der Waals surface area contributed by atoms with Gasteiger partial charge in [-0.2, -0.15) is 5.10 Å². The highest BCUT2D eigenvalue weighted by Gasteiger charge is 2.09. The van der Waals surface area contributed by atoms with Crippen LogP contribution in [0.25, 0.3) is 10.9 Å². The van der Waals surface area contributed by atoms with Crippen LogP contribution in [0.1, 0.15) is 15.9 Å². The number of rotatable bonds is 5. The van der Waals surface area contributed by atoms with Gasteiger partial charge in [0.05, 0.1) is 26.0 Å². The number of hydrogen-bond donors (Lipinski definition) is 2. The predicted octanol–water partition coefficient (Wildman–Crippen LogP) is 2.31. The molecule has 0 saturated heterocycles. The van der Waals surface area contributed by atoms with Crippen molar-refractivity contribution in [2.45, 2.75) is 0 Å². The number of fused-ring (bicyclic) bond motifs is 1. The van der Waals surface area contributed by atoms with Crippen molar-refractivity contribution in [1.82, 2.24) is 10.4 Å². The number of amides is 1. The smallest absolute Gasteiger partial charge is 0.271 e. The molecule has 1 aromatic heterocycles. The molecule has 1 heterocycles. The van der Waals surface area contributed by atoms with Gasteiger partial charge in [-0.05, 0) is 29.7 Å². The summed E-state index contributed by atoms with van der Waals surface area (Å²) in [4.78, 5) is 27.1. The maximum atomic E-state index is 12.2. The van der Waals surface area contributed by atoms with Crippen molar-refractivity contribution in [3.63, 3.8) is 0 Å². The Balaban J connectivity index is 1.79. The van der Waals surface area contributed by atoms with E-state index in [9.17, 15) is 9.59 Å². The second-order valence-electron chi connectivity index (χ2n) is 5.44. The topological polar surface area (TPSA) is 92.8 Å². The summed E-state index contributed by atoms with van der Waals surface area (Å²) in [5.74, 6) is 0.532. The molecule has 0 fully saturated rings. The van der Waals surface area contributed by atoms with E-state index in [2.05, 4.69) is 15.5 Å². The van der Waals surface area contributed by atoms with Crippen LogP contribution in [0.5, 0.6) is 11.5 Å². The Hall–Kier alpha value is -3.61. The molecule has 26 heavy (non-hydrogen) atoms. The van der Waals surface area contributed by atoms with Gasteiger partial charge in [-0.1, -0.05) is 18.2 Å². The van der Waals surface area contributed by atoms with Crippen LogP contribution in [0.15, 0.2) is 58.4 Å². The van der Waals surface area contributed by atoms with Crippen molar-refractivity contribution in [3.05, 3.63) is 70.0 Å². The zero-order valence-corrected chi connectivity index (χ0v) is 14.3. The van der Waals surface area contributed by atoms with Gasteiger partial charge < -0.3 is 14.5 Å². The Morgan fingerprint density at radius 2 is 1.77 bits per heavy atom. The second-order valence-corrected chi connectivity index (χ2v) is 5.44. The highest BCUT2D eigenvalue weighted by Crippen LogP contribution is 2.22. The molecule has 0 saturated carbocycles. The fraction of sp³-hybridized carbons (Fsp3) is 0.105. The second kappa shape index (κ2) is 7.52. The summed E-state index contributed by atoms with van der Waals surface area (Å²) in [6.45, 7) is 0. The summed E-state index contributed by atoms with van der Waals surface area (Å²) in [5.41, 5.74) is 3.51. The molecule has 0 aliphatic heterocycles. The maximum Gasteiger partial charge on any atom is 0.271 e. The molecule has 3 rings (SSSR count). The summed E-state index contributed by atoms with van der Waals surface area (Å²) in [7, 11) is 3.00. The number of H-pyrrole nitrogens is 1. The normalized spacial score (nSPS) is 10.8. The number of aromatic nitrogens is 1. The summed E-state index contributed by atoms with van der Waals surface area (Å²) in [6.07, 6.45) is 1.31. The zero-order chi connectivity index (χ0) is 18.5. The molecule has 0 radical (unpaired) electrons. The van der Waals surface area contributed by atoms with E-state index in [4.69, 9.17) is 9.47 Å². The van der Waals surface area contributed by atoms with Crippen LogP contribution in [0.3, 0.4) is 0 Å². The monoisotopic (exact) mass is 351 g/mol. The first-order valence-corrected chi connectivity index (χ1v) is 7.79. The Morgan fingerprint density at radius 3 is 2.46 bits per heavy atom. The number of hydrazone groups is 1. The van der Waals surface area contributed by atoms with E-state index >= 15 is 0 Å². The Labute approximate surface area is 149 Å². The summed E-state index contributed by atoms with van der Waals surface area (Å²) < 4.78 is 10.3. The molecule has 2 aromatic carbocycles. The van der Waals surface area contributed by atoms with Crippen LogP contribution in [-0.2, 0) is 0 Å². The number of carbonyl (C=O) groups excluding carboxylic acids is 1. The predicted molar refractivity (Wildman–Crippen MR) is 99.2 cm³/mol. The Morgan fingerprint density at radius 1 is 1.08 bits per heavy atom. The van der Waals surface area contributed by atoms with Crippen molar-refractivity contribution in [2.75, 3.05) is 14.2 Å². The highest BCUT2D eigenvalue weighted by molar-refractivity contribution is 5.96. The van der Waals surface area contributed by atoms with Gasteiger partial charge in [0.15, 0.2) is 0 Å². The first-order chi connectivity index (χ1) is 12.6. The zero-order valence-electron chi connectivity index (χ0n) is 14.3. The van der Waals surface area contributed by atoms with E-state index in [0.717, 1.165) is 10.9 Å². The minimum Gasteiger partial charge on any atom is -0.497 e. The number of methoxy groups -OCH3 is 2. The van der Waals surface area contributed by atoms with Gasteiger partial charge in [-0.25, -0.2) is 5.43 Å². The number of hydrogen-bond acceptors (Lipinski definition) is 5. The molecule has 7 nitrogen and oxygen atoms in total. The highest BCUT2D eigenvalue weighted by atomic mass is 16.5. The largest absolute Gasteiger partial charge is 0.497 e. The third-order valence-electron chi connectivity index (χ3n) is 3.77. The van der Waals surface area contributed by atoms with Crippen LogP contribution >= 0.6 is 0 Å². The SMILES string of the molecule is COc1cc(OC)cc(C(=O)N/N=C/c2cc3ccccc3[nH]c2=O)c1. The van der Waals surface area contributed by atoms with Gasteiger partial charge in [0.2, 0.25) is 0 Å². The maximum absolute atomic E-state index is 12.2. The summed E-state index contributed by atoms with van der Waals surface area (Å²) in [5, 5.41) is 4.74. The third-order valence-corrected chi connectivity index (χ3v) is 3.77. The molecule has 2 N–H and O–H groups in total. The van der Waals surface area contributed by atoms with Gasteiger partial charge in [0.25, 0.3) is 11.5 Å². The Kier molecular flexibility index (Phi) is 4.98. The van der Waals surface area contributed by atoms with Crippen molar-refractivity contribution < 1.29 is 14.3 Å². The number of ether oxygens (including phenoxy) is 2. The molecular formula is C19H17N3O4. The molecule has 0 aliphatic carbocycles. The van der Waals surface area contributed by atoms with Crippen molar-refractivity contribution >= 4 is 23.0 Å². The van der Waals surface area contributed by atoms with E-state index in [1.165, 1.54) is 20.4 Å². The Bertz CT molecular complexity index is 1020. The van der Waals surface area contributed by atoms with Crippen LogP contribution < -0.4 is 20.5 Å². The van der Waals surface area contributed by atoms with E-state index in [1.807, 2.05) is 24.3 Å². The number of nitrogens with one attached hydrogen (secondary N) is 2. The van der Waals surface area contributed by atoms with Crippen LogP contribution in [-0.4, -0.2) is 31.3 Å². The van der Waals surface area contributed by atoms with Gasteiger partial charge >= 0.3 is 0 Å². The molecule has 0 aliphatic rings. The number of carbonyl (C=O) groups is 1. The quantitative estimate of drug-likeness (QED) is 0.545. The molecule has 0 bridgehead atoms. The summed E-state index contributed by atoms with van der Waals surface area (Å²) in [6, 6.07) is 13.9. The number of aromatic amines is 1. The molecule has 7 heteroatoms. The molecule has 3 aromatic rings. The lowest BCUT2D eigenvalue weighted by Crippen LogP contribution is -2.19. The van der Waals surface area contributed by atoms with E-state index in [0.29, 0.717) is 22.6 Å². The van der Waals surface area contributed by atoms with Gasteiger partial charge in [0, 0.05) is 17.1 Å². The average molecular weight is 351 g/mol. The van der Waals surface area contributed by atoms with Gasteiger partial charge in [-0.3, -0.25) is 9.59 Å². The fourth-order valence-electron chi connectivity index (χ4n) is 2.42. The minimum atomic E-state index is -0.448. The van der Waals surface area contributed by atoms with Gasteiger partial charge in [0.1, 0.15) is 11.5 Å². The first kappa shape index (κ1) is 17.2. The lowest BCUT2D eigenvalue weighted by atomic mass is 10.2. The molecule has 0 atom stereocenters. The summed E-state index contributed by atoms with van der Waals surface area (Å²) >= 11 is 0. The molecule has 0 spiro atoms.